The summed E-state index contributed by atoms with van der Waals surface area (Å²) >= 11 is 0. The molecule has 244 valence electrons. The van der Waals surface area contributed by atoms with Crippen LogP contribution in [0.1, 0.15) is 27.9 Å². The summed E-state index contributed by atoms with van der Waals surface area (Å²) in [4.78, 5) is 37.9. The molecule has 5 heterocycles. The van der Waals surface area contributed by atoms with Crippen LogP contribution in [0, 0.1) is 0 Å². The lowest BCUT2D eigenvalue weighted by atomic mass is 10.1. The molecule has 1 saturated heterocycles. The van der Waals surface area contributed by atoms with Crippen LogP contribution in [0.3, 0.4) is 0 Å². The fourth-order valence-corrected chi connectivity index (χ4v) is 7.00. The molecule has 8 rings (SSSR count). The van der Waals surface area contributed by atoms with Crippen LogP contribution in [0.5, 0.6) is 23.0 Å². The number of carbonyl (C=O) groups is 3. The Morgan fingerprint density at radius 3 is 2.46 bits per heavy atom. The minimum atomic E-state index is -4.23. The molecular formula is C32H35N3O10S. The van der Waals surface area contributed by atoms with Crippen LogP contribution in [0.15, 0.2) is 65.6 Å². The van der Waals surface area contributed by atoms with E-state index in [1.54, 1.807) is 42.5 Å². The fraction of sp³-hybridized carbons (Fsp3) is 0.344. The van der Waals surface area contributed by atoms with E-state index >= 15 is 0 Å². The van der Waals surface area contributed by atoms with Gasteiger partial charge in [-0.05, 0) is 48.4 Å². The van der Waals surface area contributed by atoms with Crippen molar-refractivity contribution in [2.24, 2.45) is 0 Å². The Balaban J connectivity index is 1.47. The van der Waals surface area contributed by atoms with Gasteiger partial charge in [0.1, 0.15) is 17.6 Å². The topological polar surface area (TPSA) is 159 Å². The van der Waals surface area contributed by atoms with Gasteiger partial charge in [-0.15, -0.1) is 0 Å². The number of aryl methyl sites for hydroxylation is 1. The second kappa shape index (κ2) is 14.1. The molecule has 13 nitrogen and oxygen atoms in total. The zero-order chi connectivity index (χ0) is 32.8. The van der Waals surface area contributed by atoms with E-state index in [9.17, 15) is 22.8 Å². The van der Waals surface area contributed by atoms with Crippen LogP contribution in [0.4, 0.5) is 0 Å². The monoisotopic (exact) mass is 653 g/mol. The second-order valence-corrected chi connectivity index (χ2v) is 12.6. The lowest BCUT2D eigenvalue weighted by Gasteiger charge is -2.22. The molecule has 14 heteroatoms. The first-order valence-corrected chi connectivity index (χ1v) is 15.9. The van der Waals surface area contributed by atoms with E-state index in [1.807, 2.05) is 0 Å². The molecule has 46 heavy (non-hydrogen) atoms. The largest absolute Gasteiger partial charge is 0.496 e. The predicted molar refractivity (Wildman–Crippen MR) is 165 cm³/mol. The lowest BCUT2D eigenvalue weighted by Crippen LogP contribution is -2.46. The van der Waals surface area contributed by atoms with Crippen molar-refractivity contribution in [3.05, 3.63) is 77.4 Å². The third kappa shape index (κ3) is 7.18. The molecule has 0 spiro atoms. The fourth-order valence-electron chi connectivity index (χ4n) is 5.34. The Bertz CT molecular complexity index is 1730. The highest BCUT2D eigenvalue weighted by Gasteiger charge is 2.43. The quantitative estimate of drug-likeness (QED) is 0.391. The van der Waals surface area contributed by atoms with Crippen LogP contribution in [0.2, 0.25) is 0 Å². The van der Waals surface area contributed by atoms with Crippen molar-refractivity contribution in [3.8, 4) is 23.0 Å². The molecule has 1 fully saturated rings. The number of amides is 2. The van der Waals surface area contributed by atoms with Gasteiger partial charge in [0.25, 0.3) is 5.91 Å². The maximum Gasteiger partial charge on any atom is 0.339 e. The summed E-state index contributed by atoms with van der Waals surface area (Å²) in [5, 5.41) is 5.75. The van der Waals surface area contributed by atoms with Gasteiger partial charge in [0.2, 0.25) is 15.9 Å². The summed E-state index contributed by atoms with van der Waals surface area (Å²) in [6.45, 7) is -0.458. The molecule has 0 aliphatic carbocycles. The number of benzene rings is 3. The molecule has 3 aromatic carbocycles. The van der Waals surface area contributed by atoms with Gasteiger partial charge in [-0.25, -0.2) is 13.2 Å². The molecule has 4 bridgehead atoms. The molecule has 5 aliphatic heterocycles. The van der Waals surface area contributed by atoms with Crippen molar-refractivity contribution in [2.45, 2.75) is 36.4 Å². The van der Waals surface area contributed by atoms with Crippen LogP contribution in [-0.4, -0.2) is 83.7 Å². The van der Waals surface area contributed by atoms with Crippen LogP contribution in [0.25, 0.3) is 0 Å². The Hall–Kier alpha value is -4.82. The third-order valence-corrected chi connectivity index (χ3v) is 9.63. The predicted octanol–water partition coefficient (Wildman–Crippen LogP) is 2.07. The van der Waals surface area contributed by atoms with Gasteiger partial charge in [-0.3, -0.25) is 9.59 Å². The van der Waals surface area contributed by atoms with Gasteiger partial charge in [-0.2, -0.15) is 4.31 Å². The summed E-state index contributed by atoms with van der Waals surface area (Å²) < 4.78 is 56.7. The van der Waals surface area contributed by atoms with Crippen molar-refractivity contribution >= 4 is 27.8 Å². The molecule has 0 radical (unpaired) electrons. The summed E-state index contributed by atoms with van der Waals surface area (Å²) in [6.07, 6.45) is -0.139. The SMILES string of the molecule is COC(=O)c1ccccc1S(=O)(=O)N1C[C@H]2NC(=O)COc3ccc(cc3OC)CCC(=O)NCc3ccc(cc3OC)O[C@@H]2C1. The number of nitrogens with one attached hydrogen (secondary N) is 2. The number of hydrogen-bond donors (Lipinski definition) is 2. The smallest absolute Gasteiger partial charge is 0.339 e. The van der Waals surface area contributed by atoms with Crippen molar-refractivity contribution in [1.82, 2.24) is 14.9 Å². The normalized spacial score (nSPS) is 19.2. The van der Waals surface area contributed by atoms with E-state index in [0.29, 0.717) is 35.0 Å². The summed E-state index contributed by atoms with van der Waals surface area (Å²) in [5.74, 6) is 0.0731. The number of sulfonamides is 1. The van der Waals surface area contributed by atoms with E-state index in [-0.39, 0.29) is 49.0 Å². The van der Waals surface area contributed by atoms with Crippen molar-refractivity contribution in [1.29, 1.82) is 0 Å². The first-order chi connectivity index (χ1) is 22.1. The van der Waals surface area contributed by atoms with E-state index in [1.165, 1.54) is 39.5 Å². The first kappa shape index (κ1) is 32.6. The first-order valence-electron chi connectivity index (χ1n) is 14.5. The Labute approximate surface area is 266 Å². The number of carbonyl (C=O) groups excluding carboxylic acids is 3. The molecule has 0 saturated carbocycles. The van der Waals surface area contributed by atoms with Crippen molar-refractivity contribution in [2.75, 3.05) is 41.0 Å². The van der Waals surface area contributed by atoms with E-state index < -0.39 is 34.0 Å². The Morgan fingerprint density at radius 1 is 0.913 bits per heavy atom. The van der Waals surface area contributed by atoms with Crippen LogP contribution in [-0.2, 0) is 37.3 Å². The Morgan fingerprint density at radius 2 is 1.70 bits per heavy atom. The number of esters is 1. The molecule has 2 atom stereocenters. The molecule has 0 aromatic heterocycles. The number of hydrogen-bond acceptors (Lipinski definition) is 10. The third-order valence-electron chi connectivity index (χ3n) is 7.74. The minimum absolute atomic E-state index is 0.111. The van der Waals surface area contributed by atoms with Crippen LogP contribution >= 0.6 is 0 Å². The standard InChI is InChI=1S/C32H35N3O10S/c1-41-26-15-22-11-10-21(26)16-33-30(36)13-9-20-8-12-25(27(14-20)42-2)44-19-31(37)34-24-17-35(18-28(24)45-22)46(39,40)29-7-5-4-6-23(29)32(38)43-3/h4-8,10-12,14-15,24,28H,9,13,16-19H2,1-3H3,(H,33,36)(H,34,37)/t24-,28-/m1/s1. The Kier molecular flexibility index (Phi) is 9.97. The average molecular weight is 654 g/mol. The highest BCUT2D eigenvalue weighted by atomic mass is 32.2. The zero-order valence-electron chi connectivity index (χ0n) is 25.6. The highest BCUT2D eigenvalue weighted by Crippen LogP contribution is 2.31. The van der Waals surface area contributed by atoms with Gasteiger partial charge < -0.3 is 34.3 Å². The molecular weight excluding hydrogens is 618 g/mol. The second-order valence-electron chi connectivity index (χ2n) is 10.7. The number of methoxy groups -OCH3 is 3. The highest BCUT2D eigenvalue weighted by molar-refractivity contribution is 7.89. The number of nitrogens with zero attached hydrogens (tertiary/aromatic N) is 1. The minimum Gasteiger partial charge on any atom is -0.496 e. The molecule has 2 N–H and O–H groups in total. The molecule has 3 aromatic rings. The summed E-state index contributed by atoms with van der Waals surface area (Å²) in [7, 11) is -0.0893. The van der Waals surface area contributed by atoms with Crippen molar-refractivity contribution in [3.63, 3.8) is 0 Å². The van der Waals surface area contributed by atoms with Gasteiger partial charge in [0.15, 0.2) is 18.1 Å². The lowest BCUT2D eigenvalue weighted by molar-refractivity contribution is -0.124. The maximum atomic E-state index is 13.8. The summed E-state index contributed by atoms with van der Waals surface area (Å²) in [5.41, 5.74) is 1.45. The summed E-state index contributed by atoms with van der Waals surface area (Å²) in [6, 6.07) is 15.2. The average Bonchev–Trinajstić information content (AvgIpc) is 3.47. The number of rotatable bonds is 5. The van der Waals surface area contributed by atoms with E-state index in [0.717, 1.165) is 9.87 Å². The molecule has 2 amide bonds. The molecule has 5 aliphatic rings. The van der Waals surface area contributed by atoms with Gasteiger partial charge in [-0.1, -0.05) is 18.2 Å². The van der Waals surface area contributed by atoms with Gasteiger partial charge in [0, 0.05) is 31.1 Å². The van der Waals surface area contributed by atoms with Gasteiger partial charge in [0.05, 0.1) is 44.4 Å². The van der Waals surface area contributed by atoms with E-state index in [4.69, 9.17) is 23.7 Å². The van der Waals surface area contributed by atoms with Gasteiger partial charge >= 0.3 is 5.97 Å². The van der Waals surface area contributed by atoms with E-state index in [2.05, 4.69) is 10.6 Å². The molecule has 0 unspecified atom stereocenters. The maximum absolute atomic E-state index is 13.8. The van der Waals surface area contributed by atoms with Crippen LogP contribution < -0.4 is 29.6 Å². The van der Waals surface area contributed by atoms with Crippen molar-refractivity contribution < 1.29 is 46.5 Å². The number of ether oxygens (including phenoxy) is 5. The zero-order valence-corrected chi connectivity index (χ0v) is 26.4.